The molecule has 2 aromatic heterocycles. The zero-order valence-electron chi connectivity index (χ0n) is 12.8. The summed E-state index contributed by atoms with van der Waals surface area (Å²) in [6, 6.07) is 7.52. The third kappa shape index (κ3) is 3.41. The third-order valence-electron chi connectivity index (χ3n) is 3.68. The second-order valence-electron chi connectivity index (χ2n) is 5.59. The second-order valence-corrected chi connectivity index (χ2v) is 6.52. The number of nitrogens with one attached hydrogen (secondary N) is 2. The number of carbonyl (C=O) groups excluding carboxylic acids is 1. The molecule has 0 unspecified atom stereocenters. The van der Waals surface area contributed by atoms with Crippen molar-refractivity contribution < 1.29 is 4.79 Å². The van der Waals surface area contributed by atoms with Crippen LogP contribution < -0.4 is 5.32 Å². The molecule has 2 heterocycles. The van der Waals surface area contributed by atoms with Gasteiger partial charge in [-0.05, 0) is 31.1 Å². The number of aromatic nitrogens is 4. The Morgan fingerprint density at radius 3 is 3.08 bits per heavy atom. The van der Waals surface area contributed by atoms with Gasteiger partial charge >= 0.3 is 0 Å². The van der Waals surface area contributed by atoms with Crippen LogP contribution in [0.3, 0.4) is 0 Å². The van der Waals surface area contributed by atoms with E-state index < -0.39 is 0 Å². The fraction of sp³-hybridized carbons (Fsp3) is 0.176. The predicted octanol–water partition coefficient (Wildman–Crippen LogP) is 3.46. The van der Waals surface area contributed by atoms with Crippen LogP contribution in [0.4, 0.5) is 5.69 Å². The van der Waals surface area contributed by atoms with Crippen molar-refractivity contribution in [3.63, 3.8) is 0 Å². The first kappa shape index (κ1) is 14.8. The Bertz CT molecular complexity index is 880. The number of benzene rings is 1. The van der Waals surface area contributed by atoms with E-state index in [0.29, 0.717) is 17.4 Å². The summed E-state index contributed by atoms with van der Waals surface area (Å²) in [7, 11) is 0. The normalized spacial score (nSPS) is 14.2. The summed E-state index contributed by atoms with van der Waals surface area (Å²) in [6.45, 7) is 0. The van der Waals surface area contributed by atoms with Gasteiger partial charge in [-0.3, -0.25) is 9.89 Å². The lowest BCUT2D eigenvalue weighted by atomic mass is 10.2. The number of hydrogen-bond acceptors (Lipinski definition) is 5. The van der Waals surface area contributed by atoms with Crippen molar-refractivity contribution in [1.82, 2.24) is 20.2 Å². The molecule has 0 spiro atoms. The van der Waals surface area contributed by atoms with E-state index in [0.717, 1.165) is 16.4 Å². The van der Waals surface area contributed by atoms with E-state index in [2.05, 4.69) is 25.5 Å². The number of anilines is 1. The Morgan fingerprint density at radius 1 is 1.38 bits per heavy atom. The number of carbonyl (C=O) groups is 1. The van der Waals surface area contributed by atoms with E-state index in [1.807, 2.05) is 29.6 Å². The topological polar surface area (TPSA) is 83.6 Å². The number of amides is 1. The average molecular weight is 337 g/mol. The molecule has 0 aliphatic heterocycles. The number of nitrogens with zero attached hydrogens (tertiary/aromatic N) is 3. The zero-order chi connectivity index (χ0) is 16.4. The molecular formula is C17H15N5OS. The van der Waals surface area contributed by atoms with Gasteiger partial charge in [-0.25, -0.2) is 9.97 Å². The molecular weight excluding hydrogens is 322 g/mol. The van der Waals surface area contributed by atoms with Crippen LogP contribution in [0, 0.1) is 0 Å². The van der Waals surface area contributed by atoms with Gasteiger partial charge in [0.15, 0.2) is 5.82 Å². The average Bonchev–Trinajstić information content (AvgIpc) is 3.12. The van der Waals surface area contributed by atoms with Crippen LogP contribution in [0.2, 0.25) is 0 Å². The van der Waals surface area contributed by atoms with Crippen LogP contribution in [0.5, 0.6) is 0 Å². The summed E-state index contributed by atoms with van der Waals surface area (Å²) in [4.78, 5) is 20.6. The van der Waals surface area contributed by atoms with Crippen molar-refractivity contribution in [3.8, 4) is 11.4 Å². The molecule has 1 saturated carbocycles. The van der Waals surface area contributed by atoms with Gasteiger partial charge < -0.3 is 5.32 Å². The van der Waals surface area contributed by atoms with Gasteiger partial charge in [0.05, 0.1) is 0 Å². The van der Waals surface area contributed by atoms with Crippen molar-refractivity contribution in [2.45, 2.75) is 18.8 Å². The van der Waals surface area contributed by atoms with Gasteiger partial charge in [0, 0.05) is 34.8 Å². The van der Waals surface area contributed by atoms with Crippen LogP contribution in [-0.2, 0) is 4.79 Å². The van der Waals surface area contributed by atoms with Gasteiger partial charge in [-0.15, -0.1) is 11.3 Å². The molecule has 3 aromatic rings. The first-order valence-corrected chi connectivity index (χ1v) is 8.57. The summed E-state index contributed by atoms with van der Waals surface area (Å²) in [5.74, 6) is 1.94. The van der Waals surface area contributed by atoms with Crippen LogP contribution >= 0.6 is 11.3 Å². The number of aromatic amines is 1. The minimum atomic E-state index is -0.198. The largest absolute Gasteiger partial charge is 0.322 e. The van der Waals surface area contributed by atoms with Crippen molar-refractivity contribution in [3.05, 3.63) is 52.8 Å². The van der Waals surface area contributed by atoms with Crippen molar-refractivity contribution in [2.75, 3.05) is 5.32 Å². The predicted molar refractivity (Wildman–Crippen MR) is 93.6 cm³/mol. The van der Waals surface area contributed by atoms with E-state index in [1.165, 1.54) is 30.3 Å². The molecule has 1 aromatic carbocycles. The fourth-order valence-corrected chi connectivity index (χ4v) is 2.86. The molecule has 7 heteroatoms. The van der Waals surface area contributed by atoms with Gasteiger partial charge in [-0.2, -0.15) is 5.10 Å². The summed E-state index contributed by atoms with van der Waals surface area (Å²) >= 11 is 1.48. The number of hydrogen-bond donors (Lipinski definition) is 2. The molecule has 6 nitrogen and oxygen atoms in total. The number of rotatable bonds is 5. The first-order valence-electron chi connectivity index (χ1n) is 7.69. The Labute approximate surface area is 142 Å². The van der Waals surface area contributed by atoms with Crippen molar-refractivity contribution in [1.29, 1.82) is 0 Å². The maximum Gasteiger partial charge on any atom is 0.248 e. The van der Waals surface area contributed by atoms with Crippen LogP contribution in [0.15, 0.2) is 41.9 Å². The summed E-state index contributed by atoms with van der Waals surface area (Å²) < 4.78 is 0. The standard InChI is InChI=1S/C17H15N5OS/c23-14(6-7-15-18-8-9-24-15)19-13-3-1-2-12(10-13)17-20-16(21-22-17)11-4-5-11/h1-3,6-11H,4-5H2,(H,19,23)(H,20,21,22)/b7-6+. The van der Waals surface area contributed by atoms with E-state index in [9.17, 15) is 4.79 Å². The third-order valence-corrected chi connectivity index (χ3v) is 4.42. The number of thiazole rings is 1. The Hall–Kier alpha value is -2.80. The minimum Gasteiger partial charge on any atom is -0.322 e. The lowest BCUT2D eigenvalue weighted by Gasteiger charge is -2.03. The Balaban J connectivity index is 1.46. The highest BCUT2D eigenvalue weighted by Crippen LogP contribution is 2.38. The molecule has 24 heavy (non-hydrogen) atoms. The van der Waals surface area contributed by atoms with Crippen LogP contribution in [0.1, 0.15) is 29.6 Å². The van der Waals surface area contributed by atoms with Gasteiger partial charge in [-0.1, -0.05) is 12.1 Å². The number of H-pyrrole nitrogens is 1. The molecule has 2 N–H and O–H groups in total. The van der Waals surface area contributed by atoms with Crippen molar-refractivity contribution >= 4 is 29.0 Å². The highest BCUT2D eigenvalue weighted by Gasteiger charge is 2.27. The molecule has 0 atom stereocenters. The van der Waals surface area contributed by atoms with Crippen molar-refractivity contribution in [2.24, 2.45) is 0 Å². The summed E-state index contributed by atoms with van der Waals surface area (Å²) in [6.07, 6.45) is 7.23. The molecule has 4 rings (SSSR count). The molecule has 0 radical (unpaired) electrons. The van der Waals surface area contributed by atoms with Crippen LogP contribution in [0.25, 0.3) is 17.5 Å². The lowest BCUT2D eigenvalue weighted by Crippen LogP contribution is -2.07. The van der Waals surface area contributed by atoms with Crippen LogP contribution in [-0.4, -0.2) is 26.1 Å². The molecule has 0 bridgehead atoms. The smallest absolute Gasteiger partial charge is 0.248 e. The Kier molecular flexibility index (Phi) is 3.92. The molecule has 0 saturated heterocycles. The fourth-order valence-electron chi connectivity index (χ4n) is 2.33. The zero-order valence-corrected chi connectivity index (χ0v) is 13.6. The maximum atomic E-state index is 12.0. The molecule has 1 fully saturated rings. The quantitative estimate of drug-likeness (QED) is 0.698. The lowest BCUT2D eigenvalue weighted by molar-refractivity contribution is -0.111. The highest BCUT2D eigenvalue weighted by atomic mass is 32.1. The summed E-state index contributed by atoms with van der Waals surface area (Å²) in [5, 5.41) is 12.8. The monoisotopic (exact) mass is 337 g/mol. The minimum absolute atomic E-state index is 0.198. The molecule has 1 amide bonds. The van der Waals surface area contributed by atoms with E-state index >= 15 is 0 Å². The van der Waals surface area contributed by atoms with Gasteiger partial charge in [0.25, 0.3) is 0 Å². The molecule has 1 aliphatic rings. The Morgan fingerprint density at radius 2 is 2.29 bits per heavy atom. The van der Waals surface area contributed by atoms with E-state index in [1.54, 1.807) is 12.3 Å². The van der Waals surface area contributed by atoms with E-state index in [4.69, 9.17) is 0 Å². The van der Waals surface area contributed by atoms with Gasteiger partial charge in [0.1, 0.15) is 10.8 Å². The van der Waals surface area contributed by atoms with Gasteiger partial charge in [0.2, 0.25) is 5.91 Å². The maximum absolute atomic E-state index is 12.0. The highest BCUT2D eigenvalue weighted by molar-refractivity contribution is 7.10. The first-order chi connectivity index (χ1) is 11.8. The molecule has 1 aliphatic carbocycles. The second kappa shape index (κ2) is 6.37. The van der Waals surface area contributed by atoms with E-state index in [-0.39, 0.29) is 5.91 Å². The molecule has 120 valence electrons. The summed E-state index contributed by atoms with van der Waals surface area (Å²) in [5.41, 5.74) is 1.58. The SMILES string of the molecule is O=C(/C=C/c1nccs1)Nc1cccc(-c2n[nH]c(C3CC3)n2)c1.